The SMILES string of the molecule is O=[N+]([O-])[C@H]1COC(O)C[C@@H]1c1ccc2ccccc2c1. The molecule has 0 saturated carbocycles. The van der Waals surface area contributed by atoms with E-state index in [4.69, 9.17) is 4.74 Å². The Hall–Kier alpha value is -1.98. The molecule has 1 aliphatic rings. The van der Waals surface area contributed by atoms with Crippen LogP contribution < -0.4 is 0 Å². The first kappa shape index (κ1) is 13.0. The van der Waals surface area contributed by atoms with Crippen LogP contribution in [0.1, 0.15) is 17.9 Å². The summed E-state index contributed by atoms with van der Waals surface area (Å²) < 4.78 is 5.00. The number of rotatable bonds is 2. The minimum Gasteiger partial charge on any atom is -0.368 e. The zero-order valence-corrected chi connectivity index (χ0v) is 10.8. The molecule has 0 spiro atoms. The maximum Gasteiger partial charge on any atom is 0.243 e. The highest BCUT2D eigenvalue weighted by molar-refractivity contribution is 5.83. The Labute approximate surface area is 115 Å². The molecule has 20 heavy (non-hydrogen) atoms. The molecule has 1 N–H and O–H groups in total. The van der Waals surface area contributed by atoms with Crippen molar-refractivity contribution >= 4 is 10.8 Å². The van der Waals surface area contributed by atoms with Gasteiger partial charge in [0.2, 0.25) is 6.04 Å². The van der Waals surface area contributed by atoms with Gasteiger partial charge in [0.25, 0.3) is 0 Å². The van der Waals surface area contributed by atoms with Gasteiger partial charge in [0.1, 0.15) is 6.61 Å². The van der Waals surface area contributed by atoms with Gasteiger partial charge < -0.3 is 9.84 Å². The Bertz CT molecular complexity index is 643. The van der Waals surface area contributed by atoms with Crippen LogP contribution in [-0.2, 0) is 4.74 Å². The maximum absolute atomic E-state index is 11.2. The molecule has 2 aromatic carbocycles. The van der Waals surface area contributed by atoms with Gasteiger partial charge in [-0.25, -0.2) is 0 Å². The van der Waals surface area contributed by atoms with Gasteiger partial charge in [0.05, 0.1) is 5.92 Å². The number of ether oxygens (including phenoxy) is 1. The average Bonchev–Trinajstić information content (AvgIpc) is 2.46. The molecule has 1 saturated heterocycles. The molecule has 2 aromatic rings. The van der Waals surface area contributed by atoms with Crippen molar-refractivity contribution in [1.29, 1.82) is 0 Å². The molecule has 0 amide bonds. The van der Waals surface area contributed by atoms with Gasteiger partial charge in [-0.15, -0.1) is 0 Å². The standard InChI is InChI=1S/C15H15NO4/c17-15-8-13(14(9-20-15)16(18)19)12-6-5-10-3-1-2-4-11(10)7-12/h1-7,13-15,17H,8-9H2/t13-,14+,15?/m1/s1. The van der Waals surface area contributed by atoms with E-state index in [-0.39, 0.29) is 23.9 Å². The number of aliphatic hydroxyl groups is 1. The number of nitro groups is 1. The van der Waals surface area contributed by atoms with E-state index in [0.29, 0.717) is 0 Å². The molecule has 104 valence electrons. The van der Waals surface area contributed by atoms with Crippen molar-refractivity contribution in [3.63, 3.8) is 0 Å². The highest BCUT2D eigenvalue weighted by Gasteiger charge is 2.39. The number of nitrogens with zero attached hydrogens (tertiary/aromatic N) is 1. The highest BCUT2D eigenvalue weighted by atomic mass is 16.6. The zero-order valence-electron chi connectivity index (χ0n) is 10.8. The summed E-state index contributed by atoms with van der Waals surface area (Å²) in [5, 5.41) is 22.9. The second-order valence-corrected chi connectivity index (χ2v) is 5.09. The largest absolute Gasteiger partial charge is 0.368 e. The van der Waals surface area contributed by atoms with Crippen LogP contribution in [-0.4, -0.2) is 29.0 Å². The molecule has 1 fully saturated rings. The Morgan fingerprint density at radius 2 is 1.95 bits per heavy atom. The van der Waals surface area contributed by atoms with Gasteiger partial charge in [-0.2, -0.15) is 0 Å². The van der Waals surface area contributed by atoms with Crippen molar-refractivity contribution in [2.75, 3.05) is 6.61 Å². The van der Waals surface area contributed by atoms with Crippen LogP contribution in [0.4, 0.5) is 0 Å². The van der Waals surface area contributed by atoms with Gasteiger partial charge in [0.15, 0.2) is 6.29 Å². The van der Waals surface area contributed by atoms with Gasteiger partial charge in [-0.3, -0.25) is 10.1 Å². The van der Waals surface area contributed by atoms with Crippen LogP contribution in [0.5, 0.6) is 0 Å². The third-order valence-corrected chi connectivity index (χ3v) is 3.85. The quantitative estimate of drug-likeness (QED) is 0.673. The Kier molecular flexibility index (Phi) is 3.38. The fraction of sp³-hybridized carbons (Fsp3) is 0.333. The topological polar surface area (TPSA) is 72.6 Å². The summed E-state index contributed by atoms with van der Waals surface area (Å²) in [4.78, 5) is 10.8. The molecule has 1 aliphatic heterocycles. The van der Waals surface area contributed by atoms with Crippen LogP contribution in [0.15, 0.2) is 42.5 Å². The van der Waals surface area contributed by atoms with Crippen LogP contribution in [0.2, 0.25) is 0 Å². The fourth-order valence-electron chi connectivity index (χ4n) is 2.77. The lowest BCUT2D eigenvalue weighted by atomic mass is 9.86. The van der Waals surface area contributed by atoms with Gasteiger partial charge in [-0.05, 0) is 16.3 Å². The molecule has 0 aromatic heterocycles. The monoisotopic (exact) mass is 273 g/mol. The van der Waals surface area contributed by atoms with Crippen LogP contribution in [0.3, 0.4) is 0 Å². The molecule has 0 aliphatic carbocycles. The Morgan fingerprint density at radius 1 is 1.20 bits per heavy atom. The molecule has 0 bridgehead atoms. The first-order valence-corrected chi connectivity index (χ1v) is 6.57. The zero-order chi connectivity index (χ0) is 14.1. The smallest absolute Gasteiger partial charge is 0.243 e. The first-order valence-electron chi connectivity index (χ1n) is 6.57. The van der Waals surface area contributed by atoms with E-state index in [1.807, 2.05) is 42.5 Å². The number of fused-ring (bicyclic) bond motifs is 1. The van der Waals surface area contributed by atoms with Crippen molar-refractivity contribution in [1.82, 2.24) is 0 Å². The van der Waals surface area contributed by atoms with Crippen molar-refractivity contribution < 1.29 is 14.8 Å². The van der Waals surface area contributed by atoms with Gasteiger partial charge >= 0.3 is 0 Å². The summed E-state index contributed by atoms with van der Waals surface area (Å²) >= 11 is 0. The normalized spacial score (nSPS) is 26.6. The number of aliphatic hydroxyl groups excluding tert-OH is 1. The van der Waals surface area contributed by atoms with Crippen LogP contribution >= 0.6 is 0 Å². The van der Waals surface area contributed by atoms with Gasteiger partial charge in [0, 0.05) is 11.3 Å². The van der Waals surface area contributed by atoms with E-state index in [9.17, 15) is 15.2 Å². The second-order valence-electron chi connectivity index (χ2n) is 5.09. The predicted octanol–water partition coefficient (Wildman–Crippen LogP) is 2.31. The maximum atomic E-state index is 11.2. The molecular formula is C15H15NO4. The third-order valence-electron chi connectivity index (χ3n) is 3.85. The fourth-order valence-corrected chi connectivity index (χ4v) is 2.77. The second kappa shape index (κ2) is 5.19. The summed E-state index contributed by atoms with van der Waals surface area (Å²) in [6, 6.07) is 12.9. The van der Waals surface area contributed by atoms with E-state index in [1.54, 1.807) is 0 Å². The van der Waals surface area contributed by atoms with Crippen LogP contribution in [0, 0.1) is 10.1 Å². The first-order chi connectivity index (χ1) is 9.65. The van der Waals surface area contributed by atoms with E-state index in [2.05, 4.69) is 0 Å². The van der Waals surface area contributed by atoms with E-state index >= 15 is 0 Å². The average molecular weight is 273 g/mol. The van der Waals surface area contributed by atoms with Gasteiger partial charge in [-0.1, -0.05) is 42.5 Å². The van der Waals surface area contributed by atoms with Crippen molar-refractivity contribution in [3.05, 3.63) is 58.1 Å². The molecule has 5 nitrogen and oxygen atoms in total. The lowest BCUT2D eigenvalue weighted by molar-refractivity contribution is -0.538. The van der Waals surface area contributed by atoms with E-state index < -0.39 is 12.3 Å². The van der Waals surface area contributed by atoms with Crippen molar-refractivity contribution in [3.8, 4) is 0 Å². The number of benzene rings is 2. The number of hydrogen-bond donors (Lipinski definition) is 1. The molecule has 1 unspecified atom stereocenters. The summed E-state index contributed by atoms with van der Waals surface area (Å²) in [6.45, 7) is -0.0499. The molecule has 0 radical (unpaired) electrons. The Balaban J connectivity index is 2.00. The molecular weight excluding hydrogens is 258 g/mol. The number of hydrogen-bond acceptors (Lipinski definition) is 4. The highest BCUT2D eigenvalue weighted by Crippen LogP contribution is 2.32. The lowest BCUT2D eigenvalue weighted by Crippen LogP contribution is -2.40. The lowest BCUT2D eigenvalue weighted by Gasteiger charge is -2.29. The molecule has 3 rings (SSSR count). The minimum atomic E-state index is -0.928. The summed E-state index contributed by atoms with van der Waals surface area (Å²) in [5.74, 6) is -0.321. The molecule has 3 atom stereocenters. The summed E-state index contributed by atoms with van der Waals surface area (Å²) in [6.07, 6.45) is -0.674. The van der Waals surface area contributed by atoms with Crippen molar-refractivity contribution in [2.24, 2.45) is 0 Å². The third kappa shape index (κ3) is 2.37. The summed E-state index contributed by atoms with van der Waals surface area (Å²) in [5.41, 5.74) is 0.882. The molecule has 1 heterocycles. The minimum absolute atomic E-state index is 0.0499. The van der Waals surface area contributed by atoms with Crippen LogP contribution in [0.25, 0.3) is 10.8 Å². The Morgan fingerprint density at radius 3 is 2.70 bits per heavy atom. The summed E-state index contributed by atoms with van der Waals surface area (Å²) in [7, 11) is 0. The van der Waals surface area contributed by atoms with E-state index in [1.165, 1.54) is 0 Å². The van der Waals surface area contributed by atoms with Crippen molar-refractivity contribution in [2.45, 2.75) is 24.7 Å². The molecule has 5 heteroatoms. The predicted molar refractivity (Wildman–Crippen MR) is 74.0 cm³/mol. The van der Waals surface area contributed by atoms with E-state index in [0.717, 1.165) is 16.3 Å².